The van der Waals surface area contributed by atoms with Gasteiger partial charge in [-0.05, 0) is 185 Å². The molecule has 94 heavy (non-hydrogen) atoms. The van der Waals surface area contributed by atoms with E-state index in [2.05, 4.69) is 73.6 Å². The number of aromatic nitrogens is 8. The minimum absolute atomic E-state index is 0.000929. The summed E-state index contributed by atoms with van der Waals surface area (Å²) in [5.74, 6) is -0.714. The molecule has 0 saturated carbocycles. The van der Waals surface area contributed by atoms with Gasteiger partial charge in [-0.15, -0.1) is 10.2 Å². The van der Waals surface area contributed by atoms with E-state index in [1.165, 1.54) is 23.5 Å². The van der Waals surface area contributed by atoms with Gasteiger partial charge in [-0.2, -0.15) is 11.8 Å². The predicted octanol–water partition coefficient (Wildman–Crippen LogP) is 4.68. The quantitative estimate of drug-likeness (QED) is 0.0199. The van der Waals surface area contributed by atoms with Crippen molar-refractivity contribution in [3.63, 3.8) is 0 Å². The van der Waals surface area contributed by atoms with Crippen LogP contribution in [-0.2, 0) is 64.5 Å². The summed E-state index contributed by atoms with van der Waals surface area (Å²) in [6.07, 6.45) is 6.40. The van der Waals surface area contributed by atoms with Gasteiger partial charge in [0.2, 0.25) is 45.8 Å². The summed E-state index contributed by atoms with van der Waals surface area (Å²) in [5, 5.41) is 50.5. The smallest absolute Gasteiger partial charge is 0.315 e. The average Bonchev–Trinajstić information content (AvgIpc) is 1.63. The van der Waals surface area contributed by atoms with E-state index >= 15 is 0 Å². The van der Waals surface area contributed by atoms with Gasteiger partial charge in [0.15, 0.2) is 0 Å². The highest BCUT2D eigenvalue weighted by Crippen LogP contribution is 2.34. The number of carbonyl (C=O) groups is 7. The van der Waals surface area contributed by atoms with Crippen molar-refractivity contribution < 1.29 is 43.0 Å². The molecule has 8 amide bonds. The number of hydrogen-bond donors (Lipinski definition) is 8. The first-order chi connectivity index (χ1) is 45.5. The summed E-state index contributed by atoms with van der Waals surface area (Å²) in [6, 6.07) is 21.2. The van der Waals surface area contributed by atoms with E-state index < -0.39 is 36.4 Å². The predicted molar refractivity (Wildman–Crippen MR) is 356 cm³/mol. The molecule has 27 nitrogen and oxygen atoms in total. The van der Waals surface area contributed by atoms with E-state index in [0.717, 1.165) is 47.6 Å². The van der Waals surface area contributed by atoms with Gasteiger partial charge in [-0.3, -0.25) is 28.8 Å². The molecule has 3 aromatic carbocycles. The molecule has 30 heteroatoms. The Labute approximate surface area is 561 Å². The molecule has 6 heterocycles. The van der Waals surface area contributed by atoms with Crippen molar-refractivity contribution in [2.24, 2.45) is 0 Å². The molecule has 4 fully saturated rings. The van der Waals surface area contributed by atoms with Crippen LogP contribution in [0.15, 0.2) is 99.0 Å². The van der Waals surface area contributed by atoms with Gasteiger partial charge in [0.25, 0.3) is 0 Å². The number of amides is 8. The van der Waals surface area contributed by atoms with Crippen LogP contribution in [0.5, 0.6) is 0 Å². The second kappa shape index (κ2) is 35.5. The normalized spacial score (nSPS) is 20.3. The number of urea groups is 1. The average molecular weight is 1350 g/mol. The molecule has 9 rings (SSSR count). The summed E-state index contributed by atoms with van der Waals surface area (Å²) < 4.78 is 16.6. The number of nitrogens with one attached hydrogen (secondary N) is 8. The molecule has 8 N–H and O–H groups in total. The Morgan fingerprint density at radius 2 is 1.16 bits per heavy atom. The number of ether oxygens (including phenoxy) is 2. The van der Waals surface area contributed by atoms with Crippen LogP contribution in [0.3, 0.4) is 0 Å². The summed E-state index contributed by atoms with van der Waals surface area (Å²) in [5.41, 5.74) is 1.70. The first-order valence-corrected chi connectivity index (χ1v) is 35.4. The van der Waals surface area contributed by atoms with Crippen LogP contribution < -0.4 is 42.5 Å². The van der Waals surface area contributed by atoms with E-state index in [0.29, 0.717) is 104 Å². The minimum atomic E-state index is -1.10. The van der Waals surface area contributed by atoms with Crippen LogP contribution in [0, 0.1) is 0 Å². The van der Waals surface area contributed by atoms with Gasteiger partial charge in [-0.25, -0.2) is 14.2 Å². The molecule has 4 saturated heterocycles. The number of carbonyl (C=O) groups excluding carboxylic acids is 7. The maximum atomic E-state index is 14.9. The first-order valence-electron chi connectivity index (χ1n) is 32.7. The lowest BCUT2D eigenvalue weighted by Crippen LogP contribution is -2.58. The lowest BCUT2D eigenvalue weighted by molar-refractivity contribution is -0.142. The van der Waals surface area contributed by atoms with Crippen LogP contribution in [0.1, 0.15) is 116 Å². The van der Waals surface area contributed by atoms with E-state index in [1.54, 1.807) is 73.1 Å². The molecule has 8 unspecified atom stereocenters. The third-order valence-electron chi connectivity index (χ3n) is 17.6. The molecular formula is C64H90N18O9S3. The van der Waals surface area contributed by atoms with E-state index in [9.17, 15) is 33.6 Å². The minimum Gasteiger partial charge on any atom is -0.371 e. The second-order valence-electron chi connectivity index (χ2n) is 24.4. The number of likely N-dealkylation sites (tertiary alicyclic amines) is 2. The Bertz CT molecular complexity index is 3150. The van der Waals surface area contributed by atoms with Crippen LogP contribution in [-0.4, -0.2) is 197 Å². The summed E-state index contributed by atoms with van der Waals surface area (Å²) in [7, 11) is 3.34. The largest absolute Gasteiger partial charge is 0.371 e. The maximum absolute atomic E-state index is 14.9. The van der Waals surface area contributed by atoms with Gasteiger partial charge >= 0.3 is 6.03 Å². The number of unbranched alkanes of at least 4 members (excludes halogenated alkanes) is 3. The zero-order chi connectivity index (χ0) is 66.5. The molecule has 0 bridgehead atoms. The number of rotatable bonds is 36. The molecule has 0 spiro atoms. The number of likely N-dealkylation sites (N-methyl/N-ethyl adjacent to an activating group) is 2. The van der Waals surface area contributed by atoms with Crippen LogP contribution >= 0.6 is 35.3 Å². The molecular weight excluding hydrogens is 1260 g/mol. The van der Waals surface area contributed by atoms with Gasteiger partial charge in [-0.1, -0.05) is 55.3 Å². The Balaban J connectivity index is 0.861. The number of tetrazole rings is 2. The SMILES string of the molecule is CNC(C)C(=O)NC(C(=O)N1CCCC1Cn1nnnc1Sc1ccccc1)C(C)OCc1cc(CO[C@H](C)C(NC(=O)C(C)NC)C(=O)N2CCCC2Cn2nnnc2Sc2ccccc2)cc(NC(=O)CCCCCNC(=O)CCCCC2SC[C@@H]3NC(=O)N[C@H]23)c1. The van der Waals surface area contributed by atoms with Crippen molar-refractivity contribution in [2.75, 3.05) is 44.8 Å². The highest BCUT2D eigenvalue weighted by molar-refractivity contribution is 8.00. The first kappa shape index (κ1) is 71.1. The third kappa shape index (κ3) is 20.2. The van der Waals surface area contributed by atoms with Gasteiger partial charge in [0, 0.05) is 59.0 Å². The van der Waals surface area contributed by atoms with Crippen molar-refractivity contribution in [2.45, 2.75) is 217 Å². The van der Waals surface area contributed by atoms with Crippen molar-refractivity contribution in [3.8, 4) is 0 Å². The Kier molecular flexibility index (Phi) is 26.8. The molecule has 5 aromatic rings. The number of hydrogen-bond acceptors (Lipinski definition) is 20. The maximum Gasteiger partial charge on any atom is 0.315 e. The summed E-state index contributed by atoms with van der Waals surface area (Å²) in [6.45, 7) is 8.91. The number of fused-ring (bicyclic) bond motifs is 1. The van der Waals surface area contributed by atoms with Crippen molar-refractivity contribution >= 4 is 82.4 Å². The number of thioether (sulfide) groups is 1. The summed E-state index contributed by atoms with van der Waals surface area (Å²) in [4.78, 5) is 101. The zero-order valence-corrected chi connectivity index (χ0v) is 56.8. The highest BCUT2D eigenvalue weighted by atomic mass is 32.2. The fourth-order valence-corrected chi connectivity index (χ4v) is 15.1. The Hall–Kier alpha value is -7.22. The molecule has 0 aliphatic carbocycles. The van der Waals surface area contributed by atoms with Gasteiger partial charge < -0.3 is 61.8 Å². The lowest BCUT2D eigenvalue weighted by Gasteiger charge is -2.33. The van der Waals surface area contributed by atoms with E-state index in [-0.39, 0.29) is 85.3 Å². The second-order valence-corrected chi connectivity index (χ2v) is 27.8. The van der Waals surface area contributed by atoms with Crippen molar-refractivity contribution in [1.29, 1.82) is 0 Å². The van der Waals surface area contributed by atoms with Crippen molar-refractivity contribution in [3.05, 3.63) is 90.0 Å². The standard InChI is InChI=1S/C64H90N18O9S3/c1-40(65-5)58(85)70-55(60(87)79-30-18-20-47(79)35-81-63(73-75-77-81)93-49-22-10-7-11-23-49)42(3)90-37-44-32-45(34-46(33-44)68-54(84)28-14-9-17-29-67-53(83)27-16-15-26-52-57-51(39-92-52)69-62(89)72-57)38-91-43(4)56(71-59(86)41(2)66-6)61(88)80-31-19-21-48(80)36-82-64(74-76-78-82)94-50-24-12-8-13-25-50/h7-8,10-13,22-25,32-34,40-43,47-48,51-52,55-57,65-66H,9,14-21,26-31,35-39H2,1-6H3,(H,67,83)(H,68,84)(H,70,85)(H,71,86)(H2,69,72,89)/t40?,41?,42-,43?,47?,48?,51+,52?,55?,56?,57+/m1/s1. The fourth-order valence-electron chi connectivity index (χ4n) is 12.0. The van der Waals surface area contributed by atoms with E-state index in [4.69, 9.17) is 9.47 Å². The Morgan fingerprint density at radius 3 is 1.68 bits per heavy atom. The van der Waals surface area contributed by atoms with E-state index in [1.807, 2.05) is 78.5 Å². The number of anilines is 1. The molecule has 0 radical (unpaired) electrons. The molecule has 4 aliphatic rings. The topological polar surface area (TPSA) is 328 Å². The number of benzene rings is 3. The molecule has 508 valence electrons. The van der Waals surface area contributed by atoms with Gasteiger partial charge in [0.1, 0.15) is 12.1 Å². The van der Waals surface area contributed by atoms with Crippen LogP contribution in [0.2, 0.25) is 0 Å². The van der Waals surface area contributed by atoms with Crippen LogP contribution in [0.4, 0.5) is 10.5 Å². The zero-order valence-electron chi connectivity index (χ0n) is 54.4. The monoisotopic (exact) mass is 1350 g/mol. The highest BCUT2D eigenvalue weighted by Gasteiger charge is 2.43. The number of nitrogens with zero attached hydrogens (tertiary/aromatic N) is 10. The molecule has 11 atom stereocenters. The lowest BCUT2D eigenvalue weighted by atomic mass is 10.0. The van der Waals surface area contributed by atoms with Crippen molar-refractivity contribution in [1.82, 2.24) is 87.4 Å². The third-order valence-corrected chi connectivity index (χ3v) is 21.0. The summed E-state index contributed by atoms with van der Waals surface area (Å²) >= 11 is 4.72. The molecule has 4 aliphatic heterocycles. The van der Waals surface area contributed by atoms with Gasteiger partial charge in [0.05, 0.1) is 74.8 Å². The Morgan fingerprint density at radius 1 is 0.649 bits per heavy atom. The fraction of sp³-hybridized carbons (Fsp3) is 0.578. The van der Waals surface area contributed by atoms with Crippen LogP contribution in [0.25, 0.3) is 0 Å². The molecule has 2 aromatic heterocycles.